The van der Waals surface area contributed by atoms with Crippen molar-refractivity contribution in [3.8, 4) is 5.75 Å². The fraction of sp³-hybridized carbons (Fsp3) is 0.333. The van der Waals surface area contributed by atoms with Crippen LogP contribution in [0.5, 0.6) is 5.75 Å². The molecule has 0 atom stereocenters. The quantitative estimate of drug-likeness (QED) is 0.832. The average Bonchev–Trinajstić information content (AvgIpc) is 2.09. The first-order valence-electron chi connectivity index (χ1n) is 4.09. The molecule has 0 saturated carbocycles. The first kappa shape index (κ1) is 12.1. The fourth-order valence-electron chi connectivity index (χ4n) is 1.20. The topological polar surface area (TPSA) is 32.3 Å². The molecule has 0 amide bonds. The van der Waals surface area contributed by atoms with Crippen LogP contribution >= 0.6 is 11.6 Å². The second kappa shape index (κ2) is 4.28. The highest BCUT2D eigenvalue weighted by Gasteiger charge is 2.34. The molecule has 0 bridgehead atoms. The van der Waals surface area contributed by atoms with Crippen molar-refractivity contribution in [1.29, 1.82) is 0 Å². The Morgan fingerprint density at radius 2 is 2.00 bits per heavy atom. The number of aromatic hydroxyl groups is 1. The Morgan fingerprint density at radius 3 is 2.47 bits per heavy atom. The number of nitrogens with one attached hydrogen (secondary N) is 1. The van der Waals surface area contributed by atoms with E-state index in [2.05, 4.69) is 5.32 Å². The van der Waals surface area contributed by atoms with Crippen LogP contribution in [0.1, 0.15) is 11.1 Å². The van der Waals surface area contributed by atoms with Crippen LogP contribution in [0.4, 0.5) is 13.2 Å². The van der Waals surface area contributed by atoms with E-state index in [0.717, 1.165) is 6.07 Å². The number of phenolic OH excluding ortho intramolecular Hbond substituents is 1. The molecular formula is C9H9ClF3NO. The molecule has 0 aliphatic carbocycles. The van der Waals surface area contributed by atoms with Crippen molar-refractivity contribution < 1.29 is 18.3 Å². The van der Waals surface area contributed by atoms with Gasteiger partial charge in [0, 0.05) is 6.54 Å². The summed E-state index contributed by atoms with van der Waals surface area (Å²) in [4.78, 5) is 0. The summed E-state index contributed by atoms with van der Waals surface area (Å²) in [5, 5.41) is 11.6. The predicted molar refractivity (Wildman–Crippen MR) is 50.9 cm³/mol. The Balaban J connectivity index is 3.28. The molecule has 0 aliphatic rings. The van der Waals surface area contributed by atoms with E-state index in [1.54, 1.807) is 0 Å². The van der Waals surface area contributed by atoms with Gasteiger partial charge in [0.05, 0.1) is 10.6 Å². The van der Waals surface area contributed by atoms with E-state index < -0.39 is 17.5 Å². The predicted octanol–water partition coefficient (Wildman–Crippen LogP) is 2.78. The third kappa shape index (κ3) is 2.76. The van der Waals surface area contributed by atoms with Crippen molar-refractivity contribution >= 4 is 11.6 Å². The van der Waals surface area contributed by atoms with E-state index in [0.29, 0.717) is 6.07 Å². The van der Waals surface area contributed by atoms with Gasteiger partial charge in [-0.05, 0) is 24.7 Å². The van der Waals surface area contributed by atoms with Crippen molar-refractivity contribution in [2.45, 2.75) is 12.7 Å². The first-order valence-corrected chi connectivity index (χ1v) is 4.47. The smallest absolute Gasteiger partial charge is 0.416 e. The lowest BCUT2D eigenvalue weighted by Crippen LogP contribution is -2.14. The molecule has 0 heterocycles. The summed E-state index contributed by atoms with van der Waals surface area (Å²) in [5.74, 6) is -0.566. The summed E-state index contributed by atoms with van der Waals surface area (Å²) in [6, 6.07) is 1.74. The highest BCUT2D eigenvalue weighted by atomic mass is 35.5. The summed E-state index contributed by atoms with van der Waals surface area (Å²) in [7, 11) is 1.53. The third-order valence-electron chi connectivity index (χ3n) is 1.85. The lowest BCUT2D eigenvalue weighted by Gasteiger charge is -2.13. The lowest BCUT2D eigenvalue weighted by atomic mass is 10.1. The van der Waals surface area contributed by atoms with Crippen molar-refractivity contribution in [2.24, 2.45) is 0 Å². The van der Waals surface area contributed by atoms with Gasteiger partial charge in [0.15, 0.2) is 0 Å². The van der Waals surface area contributed by atoms with Crippen LogP contribution in [0, 0.1) is 0 Å². The zero-order valence-corrected chi connectivity index (χ0v) is 8.58. The third-order valence-corrected chi connectivity index (χ3v) is 2.15. The van der Waals surface area contributed by atoms with Gasteiger partial charge in [0.25, 0.3) is 0 Å². The molecule has 6 heteroatoms. The van der Waals surface area contributed by atoms with Gasteiger partial charge in [0.2, 0.25) is 0 Å². The molecule has 2 nitrogen and oxygen atoms in total. The first-order chi connectivity index (χ1) is 6.86. The zero-order valence-electron chi connectivity index (χ0n) is 7.82. The Kier molecular flexibility index (Phi) is 3.46. The van der Waals surface area contributed by atoms with Gasteiger partial charge in [-0.15, -0.1) is 0 Å². The van der Waals surface area contributed by atoms with Gasteiger partial charge in [0.1, 0.15) is 5.75 Å². The monoisotopic (exact) mass is 239 g/mol. The molecule has 0 saturated heterocycles. The van der Waals surface area contributed by atoms with E-state index in [1.807, 2.05) is 0 Å². The van der Waals surface area contributed by atoms with Crippen LogP contribution in [-0.2, 0) is 12.7 Å². The van der Waals surface area contributed by atoms with Crippen LogP contribution in [0.3, 0.4) is 0 Å². The molecule has 1 aromatic rings. The van der Waals surface area contributed by atoms with Crippen LogP contribution < -0.4 is 5.32 Å². The second-order valence-electron chi connectivity index (χ2n) is 2.99. The molecule has 0 fully saturated rings. The normalized spacial score (nSPS) is 11.8. The second-order valence-corrected chi connectivity index (χ2v) is 3.40. The van der Waals surface area contributed by atoms with Crippen molar-refractivity contribution in [3.05, 3.63) is 28.3 Å². The number of benzene rings is 1. The summed E-state index contributed by atoms with van der Waals surface area (Å²) in [6.45, 7) is 0.0366. The molecule has 0 aliphatic heterocycles. The summed E-state index contributed by atoms with van der Waals surface area (Å²) in [6.07, 6.45) is -4.49. The lowest BCUT2D eigenvalue weighted by molar-refractivity contribution is -0.138. The van der Waals surface area contributed by atoms with Crippen LogP contribution in [0.2, 0.25) is 5.02 Å². The summed E-state index contributed by atoms with van der Waals surface area (Å²) in [5.41, 5.74) is -0.869. The maximum absolute atomic E-state index is 12.5. The molecule has 2 N–H and O–H groups in total. The van der Waals surface area contributed by atoms with Gasteiger partial charge in [-0.3, -0.25) is 0 Å². The number of rotatable bonds is 2. The van der Waals surface area contributed by atoms with Gasteiger partial charge >= 0.3 is 6.18 Å². The fourth-order valence-corrected chi connectivity index (χ4v) is 1.39. The number of halogens is 4. The minimum absolute atomic E-state index is 0.00722. The molecule has 0 radical (unpaired) electrons. The Bertz CT molecular complexity index is 365. The zero-order chi connectivity index (χ0) is 11.6. The number of hydrogen-bond donors (Lipinski definition) is 2. The molecule has 1 aromatic carbocycles. The van der Waals surface area contributed by atoms with Crippen LogP contribution in [-0.4, -0.2) is 12.2 Å². The highest BCUT2D eigenvalue weighted by Crippen LogP contribution is 2.37. The molecule has 0 spiro atoms. The van der Waals surface area contributed by atoms with Gasteiger partial charge in [-0.25, -0.2) is 0 Å². The number of alkyl halides is 3. The van der Waals surface area contributed by atoms with Crippen molar-refractivity contribution in [3.63, 3.8) is 0 Å². The Hall–Kier alpha value is -0.940. The maximum Gasteiger partial charge on any atom is 0.416 e. The standard InChI is InChI=1S/C9H9ClF3NO/c1-14-4-5-2-7(10)8(15)3-6(5)9(11,12)13/h2-3,14-15H,4H2,1H3. The van der Waals surface area contributed by atoms with Crippen LogP contribution in [0.25, 0.3) is 0 Å². The van der Waals surface area contributed by atoms with E-state index >= 15 is 0 Å². The summed E-state index contributed by atoms with van der Waals surface area (Å²) >= 11 is 5.53. The maximum atomic E-state index is 12.5. The van der Waals surface area contributed by atoms with E-state index in [1.165, 1.54) is 7.05 Å². The van der Waals surface area contributed by atoms with Crippen LogP contribution in [0.15, 0.2) is 12.1 Å². The van der Waals surface area contributed by atoms with Gasteiger partial charge < -0.3 is 10.4 Å². The minimum atomic E-state index is -4.49. The molecule has 84 valence electrons. The molecule has 15 heavy (non-hydrogen) atoms. The van der Waals surface area contributed by atoms with Gasteiger partial charge in [-0.1, -0.05) is 11.6 Å². The Labute approximate surface area is 89.7 Å². The van der Waals surface area contributed by atoms with E-state index in [9.17, 15) is 13.2 Å². The molecule has 0 unspecified atom stereocenters. The molecule has 0 aromatic heterocycles. The molecule has 1 rings (SSSR count). The van der Waals surface area contributed by atoms with Gasteiger partial charge in [-0.2, -0.15) is 13.2 Å². The molecular weight excluding hydrogens is 231 g/mol. The van der Waals surface area contributed by atoms with Crippen molar-refractivity contribution in [1.82, 2.24) is 5.32 Å². The minimum Gasteiger partial charge on any atom is -0.506 e. The van der Waals surface area contributed by atoms with E-state index in [-0.39, 0.29) is 17.1 Å². The SMILES string of the molecule is CNCc1cc(Cl)c(O)cc1C(F)(F)F. The summed E-state index contributed by atoms with van der Waals surface area (Å²) < 4.78 is 37.5. The largest absolute Gasteiger partial charge is 0.506 e. The number of hydrogen-bond acceptors (Lipinski definition) is 2. The average molecular weight is 240 g/mol. The van der Waals surface area contributed by atoms with E-state index in [4.69, 9.17) is 16.7 Å². The number of phenols is 1. The highest BCUT2D eigenvalue weighted by molar-refractivity contribution is 6.32. The Morgan fingerprint density at radius 1 is 1.40 bits per heavy atom. The van der Waals surface area contributed by atoms with Crippen molar-refractivity contribution in [2.75, 3.05) is 7.05 Å².